The lowest BCUT2D eigenvalue weighted by Crippen LogP contribution is -2.52. The quantitative estimate of drug-likeness (QED) is 0.847. The summed E-state index contributed by atoms with van der Waals surface area (Å²) in [6.45, 7) is 2.54. The standard InChI is InChI=1S/C20H24FN7/c1-27(2)19-17(21)18(24-14-4-3-12-8-22-9-13(12)7-14)25-20(26-19)28-15-5-6-16(28)11-23-10-15/h3-4,7,9,15-16,23H,5-6,8,10-11H2,1-2H3,(H,24,25,26). The van der Waals surface area contributed by atoms with Crippen molar-refractivity contribution in [3.05, 3.63) is 35.1 Å². The van der Waals surface area contributed by atoms with E-state index in [4.69, 9.17) is 0 Å². The third-order valence-corrected chi connectivity index (χ3v) is 5.76. The van der Waals surface area contributed by atoms with Crippen LogP contribution in [0.15, 0.2) is 23.2 Å². The van der Waals surface area contributed by atoms with Gasteiger partial charge in [-0.2, -0.15) is 14.4 Å². The highest BCUT2D eigenvalue weighted by molar-refractivity contribution is 5.86. The number of fused-ring (bicyclic) bond motifs is 3. The second-order valence-corrected chi connectivity index (χ2v) is 7.86. The van der Waals surface area contributed by atoms with Crippen LogP contribution in [0.25, 0.3) is 0 Å². The molecule has 0 amide bonds. The van der Waals surface area contributed by atoms with Crippen molar-refractivity contribution >= 4 is 29.5 Å². The van der Waals surface area contributed by atoms with Crippen LogP contribution in [0.3, 0.4) is 0 Å². The predicted molar refractivity (Wildman–Crippen MR) is 109 cm³/mol. The Kier molecular flexibility index (Phi) is 4.16. The molecule has 0 saturated carbocycles. The highest BCUT2D eigenvalue weighted by Gasteiger charge is 2.38. The van der Waals surface area contributed by atoms with Crippen LogP contribution < -0.4 is 20.4 Å². The SMILES string of the molecule is CN(C)c1nc(N2C3CCC2CNC3)nc(Nc2ccc3c(c2)C=NC3)c1F. The summed E-state index contributed by atoms with van der Waals surface area (Å²) in [4.78, 5) is 17.4. The van der Waals surface area contributed by atoms with E-state index in [1.54, 1.807) is 19.0 Å². The van der Waals surface area contributed by atoms with Gasteiger partial charge in [0.05, 0.1) is 6.54 Å². The van der Waals surface area contributed by atoms with Crippen LogP contribution in [-0.4, -0.2) is 55.5 Å². The minimum Gasteiger partial charge on any atom is -0.360 e. The molecule has 2 atom stereocenters. The Labute approximate surface area is 163 Å². The second-order valence-electron chi connectivity index (χ2n) is 7.86. The number of rotatable bonds is 4. The lowest BCUT2D eigenvalue weighted by Gasteiger charge is -2.35. The monoisotopic (exact) mass is 381 g/mol. The number of aliphatic imine (C=N–C) groups is 1. The highest BCUT2D eigenvalue weighted by atomic mass is 19.1. The number of benzene rings is 1. The molecule has 146 valence electrons. The average molecular weight is 381 g/mol. The van der Waals surface area contributed by atoms with Crippen molar-refractivity contribution < 1.29 is 4.39 Å². The Bertz CT molecular complexity index is 926. The Morgan fingerprint density at radius 2 is 1.96 bits per heavy atom. The summed E-state index contributed by atoms with van der Waals surface area (Å²) in [5, 5.41) is 6.63. The van der Waals surface area contributed by atoms with E-state index < -0.39 is 5.82 Å². The van der Waals surface area contributed by atoms with Gasteiger partial charge in [0.25, 0.3) is 0 Å². The molecule has 3 aliphatic heterocycles. The van der Waals surface area contributed by atoms with Crippen LogP contribution in [0.2, 0.25) is 0 Å². The Hall–Kier alpha value is -2.74. The molecule has 2 saturated heterocycles. The van der Waals surface area contributed by atoms with Gasteiger partial charge in [0.2, 0.25) is 11.8 Å². The summed E-state index contributed by atoms with van der Waals surface area (Å²) in [6.07, 6.45) is 4.08. The van der Waals surface area contributed by atoms with Gasteiger partial charge in [-0.25, -0.2) is 0 Å². The van der Waals surface area contributed by atoms with E-state index in [9.17, 15) is 0 Å². The number of nitrogens with one attached hydrogen (secondary N) is 2. The van der Waals surface area contributed by atoms with E-state index in [-0.39, 0.29) is 5.82 Å². The molecule has 1 aromatic carbocycles. The van der Waals surface area contributed by atoms with Crippen LogP contribution in [0, 0.1) is 5.82 Å². The molecule has 0 aliphatic carbocycles. The number of hydrogen-bond donors (Lipinski definition) is 2. The van der Waals surface area contributed by atoms with Gasteiger partial charge in [0.15, 0.2) is 11.6 Å². The summed E-state index contributed by atoms with van der Waals surface area (Å²) in [7, 11) is 3.61. The zero-order valence-electron chi connectivity index (χ0n) is 16.1. The van der Waals surface area contributed by atoms with Crippen LogP contribution in [-0.2, 0) is 6.54 Å². The third-order valence-electron chi connectivity index (χ3n) is 5.76. The van der Waals surface area contributed by atoms with Gasteiger partial charge in [0, 0.05) is 51.2 Å². The average Bonchev–Trinajstić information content (AvgIpc) is 3.24. The summed E-state index contributed by atoms with van der Waals surface area (Å²) in [5.74, 6) is 0.671. The van der Waals surface area contributed by atoms with Crippen LogP contribution >= 0.6 is 0 Å². The molecule has 1 aromatic heterocycles. The van der Waals surface area contributed by atoms with Gasteiger partial charge in [-0.1, -0.05) is 6.07 Å². The van der Waals surface area contributed by atoms with Crippen molar-refractivity contribution in [2.24, 2.45) is 4.99 Å². The van der Waals surface area contributed by atoms with Crippen molar-refractivity contribution in [3.8, 4) is 0 Å². The van der Waals surface area contributed by atoms with E-state index in [0.717, 1.165) is 37.2 Å². The van der Waals surface area contributed by atoms with Crippen molar-refractivity contribution in [2.45, 2.75) is 31.5 Å². The molecule has 2 unspecified atom stereocenters. The molecule has 2 aromatic rings. The van der Waals surface area contributed by atoms with E-state index >= 15 is 4.39 Å². The highest BCUT2D eigenvalue weighted by Crippen LogP contribution is 2.34. The van der Waals surface area contributed by atoms with Gasteiger partial charge in [0.1, 0.15) is 0 Å². The molecule has 0 spiro atoms. The molecule has 0 radical (unpaired) electrons. The molecule has 28 heavy (non-hydrogen) atoms. The Morgan fingerprint density at radius 1 is 1.18 bits per heavy atom. The molecular formula is C20H24FN7. The molecular weight excluding hydrogens is 357 g/mol. The van der Waals surface area contributed by atoms with Crippen molar-refractivity contribution in [1.82, 2.24) is 15.3 Å². The van der Waals surface area contributed by atoms with Crippen molar-refractivity contribution in [3.63, 3.8) is 0 Å². The van der Waals surface area contributed by atoms with E-state index in [0.29, 0.717) is 30.4 Å². The minimum atomic E-state index is -0.439. The van der Waals surface area contributed by atoms with Gasteiger partial charge < -0.3 is 20.4 Å². The van der Waals surface area contributed by atoms with Crippen LogP contribution in [0.4, 0.5) is 27.7 Å². The van der Waals surface area contributed by atoms with E-state index in [2.05, 4.69) is 30.5 Å². The molecule has 7 nitrogen and oxygen atoms in total. The fourth-order valence-electron chi connectivity index (χ4n) is 4.34. The lowest BCUT2D eigenvalue weighted by atomic mass is 10.1. The largest absolute Gasteiger partial charge is 0.360 e. The number of hydrogen-bond acceptors (Lipinski definition) is 7. The molecule has 2 bridgehead atoms. The maximum Gasteiger partial charge on any atom is 0.230 e. The maximum absolute atomic E-state index is 15.2. The van der Waals surface area contributed by atoms with Crippen LogP contribution in [0.1, 0.15) is 24.0 Å². The van der Waals surface area contributed by atoms with Gasteiger partial charge in [-0.3, -0.25) is 4.99 Å². The Morgan fingerprint density at radius 3 is 2.71 bits per heavy atom. The van der Waals surface area contributed by atoms with Crippen molar-refractivity contribution in [2.75, 3.05) is 42.3 Å². The first-order valence-corrected chi connectivity index (χ1v) is 9.74. The molecule has 2 fully saturated rings. The molecule has 3 aliphatic rings. The first-order valence-electron chi connectivity index (χ1n) is 9.74. The normalized spacial score (nSPS) is 22.5. The van der Waals surface area contributed by atoms with E-state index in [1.165, 1.54) is 5.56 Å². The summed E-state index contributed by atoms with van der Waals surface area (Å²) in [6, 6.07) is 6.68. The fourth-order valence-corrected chi connectivity index (χ4v) is 4.34. The van der Waals surface area contributed by atoms with Crippen LogP contribution in [0.5, 0.6) is 0 Å². The number of anilines is 4. The number of nitrogens with zero attached hydrogens (tertiary/aromatic N) is 5. The first kappa shape index (κ1) is 17.4. The van der Waals surface area contributed by atoms with E-state index in [1.807, 2.05) is 24.4 Å². The predicted octanol–water partition coefficient (Wildman–Crippen LogP) is 2.30. The van der Waals surface area contributed by atoms with Crippen molar-refractivity contribution in [1.29, 1.82) is 0 Å². The topological polar surface area (TPSA) is 68.7 Å². The Balaban J connectivity index is 1.53. The summed E-state index contributed by atoms with van der Waals surface area (Å²) in [5.41, 5.74) is 3.04. The maximum atomic E-state index is 15.2. The zero-order valence-corrected chi connectivity index (χ0v) is 16.1. The fraction of sp³-hybridized carbons (Fsp3) is 0.450. The number of aromatic nitrogens is 2. The third kappa shape index (κ3) is 2.88. The zero-order chi connectivity index (χ0) is 19.3. The molecule has 5 rings (SSSR count). The number of piperazine rings is 1. The lowest BCUT2D eigenvalue weighted by molar-refractivity contribution is 0.476. The first-order chi connectivity index (χ1) is 13.6. The smallest absolute Gasteiger partial charge is 0.230 e. The molecule has 2 N–H and O–H groups in total. The van der Waals surface area contributed by atoms with Gasteiger partial charge in [-0.15, -0.1) is 0 Å². The van der Waals surface area contributed by atoms with Gasteiger partial charge in [-0.05, 0) is 36.1 Å². The number of halogens is 1. The molecule has 8 heteroatoms. The summed E-state index contributed by atoms with van der Waals surface area (Å²) < 4.78 is 15.2. The minimum absolute atomic E-state index is 0.210. The van der Waals surface area contributed by atoms with Gasteiger partial charge >= 0.3 is 0 Å². The molecule has 4 heterocycles. The summed E-state index contributed by atoms with van der Waals surface area (Å²) >= 11 is 0. The second kappa shape index (κ2) is 6.70.